The second-order valence-electron chi connectivity index (χ2n) is 4.79. The molecule has 0 fully saturated rings. The second kappa shape index (κ2) is 6.01. The molecule has 0 saturated carbocycles. The molecule has 0 aliphatic heterocycles. The van der Waals surface area contributed by atoms with Crippen LogP contribution in [0, 0.1) is 0 Å². The van der Waals surface area contributed by atoms with Gasteiger partial charge in [-0.05, 0) is 32.0 Å². The lowest BCUT2D eigenvalue weighted by molar-refractivity contribution is 0.494. The third kappa shape index (κ3) is 2.56. The molecule has 1 atom stereocenters. The maximum Gasteiger partial charge on any atom is 0.110 e. The number of rotatable bonds is 6. The Hall–Kier alpha value is -1.35. The largest absolute Gasteiger partial charge is 0.324 e. The van der Waals surface area contributed by atoms with Crippen LogP contribution in [0.5, 0.6) is 0 Å². The molecule has 98 valence electrons. The Morgan fingerprint density at radius 1 is 1.28 bits per heavy atom. The molecule has 0 bridgehead atoms. The van der Waals surface area contributed by atoms with Crippen molar-refractivity contribution in [2.45, 2.75) is 39.7 Å². The van der Waals surface area contributed by atoms with E-state index in [1.54, 1.807) is 0 Å². The van der Waals surface area contributed by atoms with Crippen LogP contribution < -0.4 is 5.32 Å². The van der Waals surface area contributed by atoms with Gasteiger partial charge in [-0.2, -0.15) is 0 Å². The highest BCUT2D eigenvalue weighted by atomic mass is 15.1. The minimum atomic E-state index is 0.443. The van der Waals surface area contributed by atoms with Gasteiger partial charge in [0.15, 0.2) is 0 Å². The average Bonchev–Trinajstić information content (AvgIpc) is 2.74. The number of aryl methyl sites for hydroxylation is 1. The summed E-state index contributed by atoms with van der Waals surface area (Å²) in [5, 5.41) is 3.42. The molecule has 18 heavy (non-hydrogen) atoms. The molecule has 2 aromatic rings. The molecule has 3 nitrogen and oxygen atoms in total. The van der Waals surface area contributed by atoms with Gasteiger partial charge in [-0.25, -0.2) is 4.98 Å². The van der Waals surface area contributed by atoms with Crippen molar-refractivity contribution in [2.24, 2.45) is 0 Å². The highest BCUT2D eigenvalue weighted by Crippen LogP contribution is 2.21. The summed E-state index contributed by atoms with van der Waals surface area (Å²) >= 11 is 0. The lowest BCUT2D eigenvalue weighted by atomic mass is 10.2. The Labute approximate surface area is 109 Å². The first kappa shape index (κ1) is 13.1. The quantitative estimate of drug-likeness (QED) is 0.847. The average molecular weight is 245 g/mol. The molecule has 1 aromatic carbocycles. The third-order valence-electron chi connectivity index (χ3n) is 3.27. The summed E-state index contributed by atoms with van der Waals surface area (Å²) in [6.45, 7) is 8.62. The van der Waals surface area contributed by atoms with E-state index in [1.165, 1.54) is 11.3 Å². The molecule has 1 aromatic heterocycles. The Kier molecular flexibility index (Phi) is 4.37. The topological polar surface area (TPSA) is 29.9 Å². The zero-order valence-electron chi connectivity index (χ0n) is 11.6. The van der Waals surface area contributed by atoms with E-state index in [9.17, 15) is 0 Å². The van der Waals surface area contributed by atoms with E-state index in [0.717, 1.165) is 31.4 Å². The molecule has 0 aliphatic carbocycles. The molecular formula is C15H23N3. The van der Waals surface area contributed by atoms with Crippen LogP contribution in [0.4, 0.5) is 0 Å². The molecule has 0 amide bonds. The second-order valence-corrected chi connectivity index (χ2v) is 4.79. The van der Waals surface area contributed by atoms with E-state index in [1.807, 2.05) is 0 Å². The molecular weight excluding hydrogens is 222 g/mol. The Morgan fingerprint density at radius 2 is 2.06 bits per heavy atom. The highest BCUT2D eigenvalue weighted by molar-refractivity contribution is 5.76. The van der Waals surface area contributed by atoms with Crippen molar-refractivity contribution in [3.63, 3.8) is 0 Å². The number of aromatic nitrogens is 2. The van der Waals surface area contributed by atoms with Crippen molar-refractivity contribution >= 4 is 11.0 Å². The van der Waals surface area contributed by atoms with E-state index in [2.05, 4.69) is 54.9 Å². The fourth-order valence-corrected chi connectivity index (χ4v) is 2.43. The number of hydrogen-bond acceptors (Lipinski definition) is 2. The SMILES string of the molecule is CCCc1nc2ccccc2n1C(C)CNCC. The summed E-state index contributed by atoms with van der Waals surface area (Å²) in [7, 11) is 0. The lowest BCUT2D eigenvalue weighted by Gasteiger charge is -2.17. The fourth-order valence-electron chi connectivity index (χ4n) is 2.43. The molecule has 0 radical (unpaired) electrons. The summed E-state index contributed by atoms with van der Waals surface area (Å²) < 4.78 is 2.39. The van der Waals surface area contributed by atoms with Crippen molar-refractivity contribution in [3.05, 3.63) is 30.1 Å². The van der Waals surface area contributed by atoms with Crippen LogP contribution in [-0.4, -0.2) is 22.6 Å². The van der Waals surface area contributed by atoms with Gasteiger partial charge in [0.1, 0.15) is 5.82 Å². The summed E-state index contributed by atoms with van der Waals surface area (Å²) in [5.74, 6) is 1.21. The third-order valence-corrected chi connectivity index (χ3v) is 3.27. The standard InChI is InChI=1S/C15H23N3/c1-4-8-15-17-13-9-6-7-10-14(13)18(15)12(3)11-16-5-2/h6-7,9-10,12,16H,4-5,8,11H2,1-3H3. The van der Waals surface area contributed by atoms with E-state index >= 15 is 0 Å². The molecule has 0 saturated heterocycles. The number of hydrogen-bond donors (Lipinski definition) is 1. The Morgan fingerprint density at radius 3 is 2.78 bits per heavy atom. The van der Waals surface area contributed by atoms with Crippen molar-refractivity contribution < 1.29 is 0 Å². The van der Waals surface area contributed by atoms with Crippen molar-refractivity contribution in [2.75, 3.05) is 13.1 Å². The maximum absolute atomic E-state index is 4.77. The molecule has 3 heteroatoms. The van der Waals surface area contributed by atoms with Crippen molar-refractivity contribution in [1.29, 1.82) is 0 Å². The van der Waals surface area contributed by atoms with Crippen LogP contribution in [0.2, 0.25) is 0 Å². The molecule has 1 unspecified atom stereocenters. The predicted molar refractivity (Wildman–Crippen MR) is 77.0 cm³/mol. The summed E-state index contributed by atoms with van der Waals surface area (Å²) in [4.78, 5) is 4.77. The number of nitrogens with zero attached hydrogens (tertiary/aromatic N) is 2. The summed E-state index contributed by atoms with van der Waals surface area (Å²) in [5.41, 5.74) is 2.37. The first-order valence-corrected chi connectivity index (χ1v) is 6.94. The Bertz CT molecular complexity index is 501. The molecule has 2 rings (SSSR count). The zero-order valence-corrected chi connectivity index (χ0v) is 11.6. The van der Waals surface area contributed by atoms with Crippen LogP contribution >= 0.6 is 0 Å². The molecule has 1 N–H and O–H groups in total. The smallest absolute Gasteiger partial charge is 0.110 e. The zero-order chi connectivity index (χ0) is 13.0. The first-order valence-electron chi connectivity index (χ1n) is 6.94. The van der Waals surface area contributed by atoms with Crippen molar-refractivity contribution in [1.82, 2.24) is 14.9 Å². The normalized spacial score (nSPS) is 13.1. The minimum Gasteiger partial charge on any atom is -0.324 e. The number of imidazole rings is 1. The van der Waals surface area contributed by atoms with Crippen molar-refractivity contribution in [3.8, 4) is 0 Å². The summed E-state index contributed by atoms with van der Waals surface area (Å²) in [6.07, 6.45) is 2.18. The molecule has 1 heterocycles. The van der Waals surface area contributed by atoms with E-state index in [-0.39, 0.29) is 0 Å². The van der Waals surface area contributed by atoms with Gasteiger partial charge in [0.2, 0.25) is 0 Å². The molecule has 0 spiro atoms. The van der Waals surface area contributed by atoms with Gasteiger partial charge >= 0.3 is 0 Å². The van der Waals surface area contributed by atoms with Crippen LogP contribution in [0.1, 0.15) is 39.1 Å². The van der Waals surface area contributed by atoms with Gasteiger partial charge in [-0.3, -0.25) is 0 Å². The lowest BCUT2D eigenvalue weighted by Crippen LogP contribution is -2.24. The first-order chi connectivity index (χ1) is 8.77. The number of para-hydroxylation sites is 2. The Balaban J connectivity index is 2.40. The fraction of sp³-hybridized carbons (Fsp3) is 0.533. The van der Waals surface area contributed by atoms with Gasteiger partial charge in [0.05, 0.1) is 11.0 Å². The number of nitrogens with one attached hydrogen (secondary N) is 1. The predicted octanol–water partition coefficient (Wildman–Crippen LogP) is 3.16. The minimum absolute atomic E-state index is 0.443. The van der Waals surface area contributed by atoms with E-state index in [4.69, 9.17) is 4.98 Å². The number of fused-ring (bicyclic) bond motifs is 1. The van der Waals surface area contributed by atoms with Crippen LogP contribution in [0.3, 0.4) is 0 Å². The maximum atomic E-state index is 4.77. The number of likely N-dealkylation sites (N-methyl/N-ethyl adjacent to an activating group) is 1. The highest BCUT2D eigenvalue weighted by Gasteiger charge is 2.14. The van der Waals surface area contributed by atoms with Crippen LogP contribution in [0.15, 0.2) is 24.3 Å². The van der Waals surface area contributed by atoms with Gasteiger partial charge in [-0.15, -0.1) is 0 Å². The van der Waals surface area contributed by atoms with Gasteiger partial charge in [0, 0.05) is 19.0 Å². The van der Waals surface area contributed by atoms with E-state index < -0.39 is 0 Å². The van der Waals surface area contributed by atoms with E-state index in [0.29, 0.717) is 6.04 Å². The monoisotopic (exact) mass is 245 g/mol. The number of benzene rings is 1. The van der Waals surface area contributed by atoms with Gasteiger partial charge in [-0.1, -0.05) is 26.0 Å². The van der Waals surface area contributed by atoms with Crippen LogP contribution in [0.25, 0.3) is 11.0 Å². The summed E-state index contributed by atoms with van der Waals surface area (Å²) in [6, 6.07) is 8.87. The molecule has 0 aliphatic rings. The van der Waals surface area contributed by atoms with Crippen LogP contribution in [-0.2, 0) is 6.42 Å². The van der Waals surface area contributed by atoms with Gasteiger partial charge < -0.3 is 9.88 Å². The van der Waals surface area contributed by atoms with Gasteiger partial charge in [0.25, 0.3) is 0 Å².